The highest BCUT2D eigenvalue weighted by Crippen LogP contribution is 2.26. The quantitative estimate of drug-likeness (QED) is 0.794. The van der Waals surface area contributed by atoms with Gasteiger partial charge in [-0.2, -0.15) is 5.26 Å². The first-order valence-electron chi connectivity index (χ1n) is 6.03. The van der Waals surface area contributed by atoms with Gasteiger partial charge in [-0.25, -0.2) is 0 Å². The molecule has 0 aliphatic heterocycles. The number of hydrogen-bond acceptors (Lipinski definition) is 2. The average molecular weight is 352 g/mol. The summed E-state index contributed by atoms with van der Waals surface area (Å²) in [5.41, 5.74) is 2.52. The Morgan fingerprint density at radius 3 is 2.75 bits per heavy atom. The first-order valence-corrected chi connectivity index (χ1v) is 7.53. The van der Waals surface area contributed by atoms with Crippen LogP contribution in [0.25, 0.3) is 11.1 Å². The lowest BCUT2D eigenvalue weighted by atomic mass is 10.0. The molecule has 0 aliphatic rings. The largest absolute Gasteiger partial charge is 0.314 e. The number of rotatable bonds is 3. The van der Waals surface area contributed by atoms with Gasteiger partial charge in [0.05, 0.1) is 0 Å². The van der Waals surface area contributed by atoms with E-state index in [0.717, 1.165) is 22.2 Å². The minimum Gasteiger partial charge on any atom is -0.314 e. The van der Waals surface area contributed by atoms with E-state index in [1.54, 1.807) is 19.2 Å². The second-order valence-corrected chi connectivity index (χ2v) is 5.57. The standard InChI is InChI=1S/C15H12BrClN2O/c1-19-14(5-6-16)13(8-11(9-18)15(19)20)10-3-2-4-12(17)7-10/h2-4,7-8H,5-6H2,1H3. The molecule has 1 heterocycles. The Morgan fingerprint density at radius 2 is 2.15 bits per heavy atom. The second kappa shape index (κ2) is 6.25. The Bertz CT molecular complexity index is 747. The number of nitriles is 1. The summed E-state index contributed by atoms with van der Waals surface area (Å²) in [4.78, 5) is 12.0. The zero-order valence-electron chi connectivity index (χ0n) is 10.9. The summed E-state index contributed by atoms with van der Waals surface area (Å²) in [7, 11) is 1.69. The van der Waals surface area contributed by atoms with Crippen LogP contribution in [-0.4, -0.2) is 9.90 Å². The molecule has 0 fully saturated rings. The molecule has 0 radical (unpaired) electrons. The van der Waals surface area contributed by atoms with Crippen LogP contribution < -0.4 is 5.56 Å². The summed E-state index contributed by atoms with van der Waals surface area (Å²) in [6.07, 6.45) is 0.694. The molecule has 102 valence electrons. The van der Waals surface area contributed by atoms with Crippen molar-refractivity contribution in [1.29, 1.82) is 5.26 Å². The number of benzene rings is 1. The molecule has 0 amide bonds. The van der Waals surface area contributed by atoms with Crippen LogP contribution in [-0.2, 0) is 13.5 Å². The lowest BCUT2D eigenvalue weighted by molar-refractivity contribution is 0.786. The molecule has 1 aromatic heterocycles. The molecule has 20 heavy (non-hydrogen) atoms. The van der Waals surface area contributed by atoms with E-state index in [1.807, 2.05) is 24.3 Å². The molecule has 0 atom stereocenters. The molecule has 1 aromatic carbocycles. The Balaban J connectivity index is 2.77. The van der Waals surface area contributed by atoms with E-state index in [-0.39, 0.29) is 11.1 Å². The molecule has 0 bridgehead atoms. The van der Waals surface area contributed by atoms with Crippen molar-refractivity contribution in [1.82, 2.24) is 4.57 Å². The van der Waals surface area contributed by atoms with Crippen LogP contribution in [0.2, 0.25) is 5.02 Å². The molecular formula is C15H12BrClN2O. The van der Waals surface area contributed by atoms with E-state index in [2.05, 4.69) is 15.9 Å². The molecule has 0 saturated carbocycles. The van der Waals surface area contributed by atoms with E-state index in [4.69, 9.17) is 16.9 Å². The topological polar surface area (TPSA) is 45.8 Å². The second-order valence-electron chi connectivity index (χ2n) is 4.34. The van der Waals surface area contributed by atoms with Crippen LogP contribution in [0, 0.1) is 11.3 Å². The van der Waals surface area contributed by atoms with Gasteiger partial charge in [0.1, 0.15) is 11.6 Å². The van der Waals surface area contributed by atoms with Gasteiger partial charge in [-0.3, -0.25) is 4.79 Å². The van der Waals surface area contributed by atoms with Gasteiger partial charge < -0.3 is 4.57 Å². The van der Waals surface area contributed by atoms with Crippen LogP contribution >= 0.6 is 27.5 Å². The molecule has 2 rings (SSSR count). The Hall–Kier alpha value is -1.57. The third kappa shape index (κ3) is 2.79. The molecule has 0 unspecified atom stereocenters. The van der Waals surface area contributed by atoms with Gasteiger partial charge in [0.2, 0.25) is 0 Å². The normalized spacial score (nSPS) is 10.3. The van der Waals surface area contributed by atoms with Gasteiger partial charge in [-0.15, -0.1) is 0 Å². The highest BCUT2D eigenvalue weighted by Gasteiger charge is 2.13. The number of halogens is 2. The van der Waals surface area contributed by atoms with Gasteiger partial charge >= 0.3 is 0 Å². The van der Waals surface area contributed by atoms with Crippen molar-refractivity contribution in [3.05, 3.63) is 57.0 Å². The minimum absolute atomic E-state index is 0.140. The Kier molecular flexibility index (Phi) is 4.64. The predicted molar refractivity (Wildman–Crippen MR) is 84.3 cm³/mol. The fraction of sp³-hybridized carbons (Fsp3) is 0.200. The van der Waals surface area contributed by atoms with Crippen LogP contribution in [0.15, 0.2) is 35.1 Å². The molecule has 0 spiro atoms. The van der Waals surface area contributed by atoms with E-state index in [1.165, 1.54) is 4.57 Å². The molecule has 0 aliphatic carbocycles. The third-order valence-corrected chi connectivity index (χ3v) is 3.76. The van der Waals surface area contributed by atoms with Crippen LogP contribution in [0.4, 0.5) is 0 Å². The maximum atomic E-state index is 12.0. The fourth-order valence-electron chi connectivity index (χ4n) is 2.15. The summed E-state index contributed by atoms with van der Waals surface area (Å²) >= 11 is 9.42. The van der Waals surface area contributed by atoms with Crippen molar-refractivity contribution >= 4 is 27.5 Å². The molecule has 5 heteroatoms. The molecule has 3 nitrogen and oxygen atoms in total. The van der Waals surface area contributed by atoms with Crippen molar-refractivity contribution < 1.29 is 0 Å². The summed E-state index contributed by atoms with van der Waals surface area (Å²) in [6.45, 7) is 0. The number of hydrogen-bond donors (Lipinski definition) is 0. The average Bonchev–Trinajstić information content (AvgIpc) is 2.44. The number of alkyl halides is 1. The summed E-state index contributed by atoms with van der Waals surface area (Å²) in [5.74, 6) is 0. The first-order chi connectivity index (χ1) is 9.58. The van der Waals surface area contributed by atoms with Crippen molar-refractivity contribution in [2.24, 2.45) is 7.05 Å². The fourth-order valence-corrected chi connectivity index (χ4v) is 2.72. The summed E-state index contributed by atoms with van der Waals surface area (Å²) in [5, 5.41) is 10.5. The summed E-state index contributed by atoms with van der Waals surface area (Å²) < 4.78 is 1.54. The Morgan fingerprint density at radius 1 is 1.40 bits per heavy atom. The number of aromatic nitrogens is 1. The molecule has 2 aromatic rings. The highest BCUT2D eigenvalue weighted by molar-refractivity contribution is 9.09. The predicted octanol–water partition coefficient (Wildman–Crippen LogP) is 3.51. The van der Waals surface area contributed by atoms with Gasteiger partial charge in [-0.1, -0.05) is 39.7 Å². The highest BCUT2D eigenvalue weighted by atomic mass is 79.9. The van der Waals surface area contributed by atoms with Crippen molar-refractivity contribution in [3.8, 4) is 17.2 Å². The van der Waals surface area contributed by atoms with Gasteiger partial charge in [0.25, 0.3) is 5.56 Å². The van der Waals surface area contributed by atoms with Crippen molar-refractivity contribution in [2.75, 3.05) is 5.33 Å². The lowest BCUT2D eigenvalue weighted by Crippen LogP contribution is -2.24. The maximum Gasteiger partial charge on any atom is 0.268 e. The molecule has 0 N–H and O–H groups in total. The van der Waals surface area contributed by atoms with E-state index >= 15 is 0 Å². The molecule has 0 saturated heterocycles. The SMILES string of the molecule is Cn1c(CCBr)c(-c2cccc(Cl)c2)cc(C#N)c1=O. The zero-order valence-corrected chi connectivity index (χ0v) is 13.2. The number of pyridine rings is 1. The number of nitrogens with zero attached hydrogens (tertiary/aromatic N) is 2. The van der Waals surface area contributed by atoms with E-state index in [0.29, 0.717) is 11.4 Å². The summed E-state index contributed by atoms with van der Waals surface area (Å²) in [6, 6.07) is 11.0. The lowest BCUT2D eigenvalue weighted by Gasteiger charge is -2.14. The van der Waals surface area contributed by atoms with Crippen molar-refractivity contribution in [2.45, 2.75) is 6.42 Å². The van der Waals surface area contributed by atoms with Crippen LogP contribution in [0.5, 0.6) is 0 Å². The van der Waals surface area contributed by atoms with E-state index < -0.39 is 0 Å². The Labute approximate surface area is 130 Å². The minimum atomic E-state index is -0.269. The zero-order chi connectivity index (χ0) is 14.7. The van der Waals surface area contributed by atoms with Crippen LogP contribution in [0.1, 0.15) is 11.3 Å². The first kappa shape index (κ1) is 14.8. The van der Waals surface area contributed by atoms with Gasteiger partial charge in [0.15, 0.2) is 0 Å². The van der Waals surface area contributed by atoms with Crippen LogP contribution in [0.3, 0.4) is 0 Å². The van der Waals surface area contributed by atoms with Crippen molar-refractivity contribution in [3.63, 3.8) is 0 Å². The van der Waals surface area contributed by atoms with Gasteiger partial charge in [0, 0.05) is 28.7 Å². The smallest absolute Gasteiger partial charge is 0.268 e. The van der Waals surface area contributed by atoms with Gasteiger partial charge in [-0.05, 0) is 30.2 Å². The third-order valence-electron chi connectivity index (χ3n) is 3.13. The van der Waals surface area contributed by atoms with E-state index in [9.17, 15) is 4.79 Å². The maximum absolute atomic E-state index is 12.0. The molecular weight excluding hydrogens is 340 g/mol. The monoisotopic (exact) mass is 350 g/mol.